The van der Waals surface area contributed by atoms with Crippen LogP contribution in [0.5, 0.6) is 11.5 Å². The molecule has 0 bridgehead atoms. The van der Waals surface area contributed by atoms with Gasteiger partial charge in [0.25, 0.3) is 0 Å². The Hall–Kier alpha value is -2.07. The van der Waals surface area contributed by atoms with E-state index in [9.17, 15) is 10.2 Å². The molecule has 4 heteroatoms. The molecule has 2 N–H and O–H groups in total. The molecule has 3 aromatic rings. The van der Waals surface area contributed by atoms with Gasteiger partial charge in [-0.3, -0.25) is 0 Å². The lowest BCUT2D eigenvalue weighted by molar-refractivity contribution is 0.477. The van der Waals surface area contributed by atoms with E-state index in [-0.39, 0.29) is 11.5 Å². The van der Waals surface area contributed by atoms with E-state index in [0.717, 1.165) is 4.70 Å². The van der Waals surface area contributed by atoms with Crippen molar-refractivity contribution in [2.75, 3.05) is 0 Å². The van der Waals surface area contributed by atoms with E-state index in [0.29, 0.717) is 16.1 Å². The van der Waals surface area contributed by atoms with Gasteiger partial charge in [-0.15, -0.1) is 11.3 Å². The third-order valence-corrected chi connectivity index (χ3v) is 3.59. The number of hydrogen-bond donors (Lipinski definition) is 2. The summed E-state index contributed by atoms with van der Waals surface area (Å²) in [6.07, 6.45) is 0. The quantitative estimate of drug-likeness (QED) is 0.689. The molecule has 0 saturated heterocycles. The van der Waals surface area contributed by atoms with Crippen LogP contribution in [-0.2, 0) is 0 Å². The van der Waals surface area contributed by atoms with E-state index in [1.54, 1.807) is 24.3 Å². The molecular formula is C13H9NO2S. The zero-order valence-corrected chi connectivity index (χ0v) is 9.61. The normalized spacial score (nSPS) is 10.8. The summed E-state index contributed by atoms with van der Waals surface area (Å²) in [5.41, 5.74) is 1.27. The van der Waals surface area contributed by atoms with E-state index in [1.165, 1.54) is 11.3 Å². The summed E-state index contributed by atoms with van der Waals surface area (Å²) < 4.78 is 0.906. The molecule has 2 aromatic carbocycles. The molecule has 3 nitrogen and oxygen atoms in total. The van der Waals surface area contributed by atoms with E-state index in [1.807, 2.05) is 18.2 Å². The van der Waals surface area contributed by atoms with Crippen LogP contribution in [-0.4, -0.2) is 15.2 Å². The topological polar surface area (TPSA) is 53.4 Å². The van der Waals surface area contributed by atoms with Crippen LogP contribution >= 0.6 is 11.3 Å². The van der Waals surface area contributed by atoms with Crippen LogP contribution < -0.4 is 0 Å². The van der Waals surface area contributed by atoms with E-state index in [2.05, 4.69) is 4.98 Å². The Morgan fingerprint density at radius 3 is 2.41 bits per heavy atom. The molecule has 84 valence electrons. The second kappa shape index (κ2) is 3.75. The summed E-state index contributed by atoms with van der Waals surface area (Å²) in [7, 11) is 0. The molecule has 0 saturated carbocycles. The minimum atomic E-state index is 0.167. The van der Waals surface area contributed by atoms with Gasteiger partial charge in [-0.05, 0) is 24.3 Å². The van der Waals surface area contributed by atoms with E-state index in [4.69, 9.17) is 0 Å². The molecule has 3 rings (SSSR count). The van der Waals surface area contributed by atoms with Gasteiger partial charge < -0.3 is 10.2 Å². The molecule has 0 atom stereocenters. The Bertz CT molecular complexity index is 691. The molecule has 1 aromatic heterocycles. The highest BCUT2D eigenvalue weighted by Gasteiger charge is 2.11. The van der Waals surface area contributed by atoms with Crippen molar-refractivity contribution in [2.24, 2.45) is 0 Å². The highest BCUT2D eigenvalue weighted by Crippen LogP contribution is 2.37. The fourth-order valence-corrected chi connectivity index (χ4v) is 2.72. The third kappa shape index (κ3) is 1.62. The highest BCUT2D eigenvalue weighted by atomic mass is 32.1. The number of rotatable bonds is 1. The minimum absolute atomic E-state index is 0.167. The molecule has 0 amide bonds. The standard InChI is InChI=1S/C13H9NO2S/c15-9-5-2-1-4-8(9)13-14-12-10(16)6-3-7-11(12)17-13/h1-7,15-16H. The Kier molecular flexibility index (Phi) is 2.23. The smallest absolute Gasteiger partial charge is 0.142 e. The summed E-state index contributed by atoms with van der Waals surface area (Å²) in [5.74, 6) is 0.367. The van der Waals surface area contributed by atoms with Gasteiger partial charge in [-0.2, -0.15) is 0 Å². The Balaban J connectivity index is 2.26. The lowest BCUT2D eigenvalue weighted by Gasteiger charge is -1.98. The number of nitrogens with zero attached hydrogens (tertiary/aromatic N) is 1. The van der Waals surface area contributed by atoms with Crippen LogP contribution in [0.15, 0.2) is 42.5 Å². The van der Waals surface area contributed by atoms with E-state index < -0.39 is 0 Å². The van der Waals surface area contributed by atoms with Crippen molar-refractivity contribution in [1.82, 2.24) is 4.98 Å². The molecule has 0 aliphatic heterocycles. The second-order valence-corrected chi connectivity index (χ2v) is 4.69. The summed E-state index contributed by atoms with van der Waals surface area (Å²) in [6.45, 7) is 0. The number of aromatic hydroxyl groups is 2. The summed E-state index contributed by atoms with van der Waals surface area (Å²) in [6, 6.07) is 12.3. The van der Waals surface area contributed by atoms with Crippen molar-refractivity contribution in [1.29, 1.82) is 0 Å². The maximum absolute atomic E-state index is 9.76. The van der Waals surface area contributed by atoms with Crippen molar-refractivity contribution in [2.45, 2.75) is 0 Å². The van der Waals surface area contributed by atoms with Crippen molar-refractivity contribution in [3.05, 3.63) is 42.5 Å². The van der Waals surface area contributed by atoms with Gasteiger partial charge in [0, 0.05) is 0 Å². The highest BCUT2D eigenvalue weighted by molar-refractivity contribution is 7.21. The number of aromatic nitrogens is 1. The lowest BCUT2D eigenvalue weighted by Crippen LogP contribution is -1.76. The predicted octanol–water partition coefficient (Wildman–Crippen LogP) is 3.37. The first-order valence-electron chi connectivity index (χ1n) is 5.12. The largest absolute Gasteiger partial charge is 0.507 e. The fourth-order valence-electron chi connectivity index (χ4n) is 1.70. The molecular weight excluding hydrogens is 234 g/mol. The molecule has 17 heavy (non-hydrogen) atoms. The predicted molar refractivity (Wildman–Crippen MR) is 68.4 cm³/mol. The molecule has 0 spiro atoms. The first-order chi connectivity index (χ1) is 8.25. The summed E-state index contributed by atoms with van der Waals surface area (Å²) >= 11 is 1.45. The van der Waals surface area contributed by atoms with Crippen molar-refractivity contribution < 1.29 is 10.2 Å². The number of benzene rings is 2. The fraction of sp³-hybridized carbons (Fsp3) is 0. The van der Waals surface area contributed by atoms with Crippen molar-refractivity contribution in [3.63, 3.8) is 0 Å². The molecule has 0 unspecified atom stereocenters. The van der Waals surface area contributed by atoms with Crippen LogP contribution in [0, 0.1) is 0 Å². The molecule has 1 heterocycles. The molecule has 0 aliphatic rings. The van der Waals surface area contributed by atoms with Crippen LogP contribution in [0.25, 0.3) is 20.8 Å². The summed E-state index contributed by atoms with van der Waals surface area (Å²) in [5, 5.41) is 20.2. The Labute approximate surface area is 102 Å². The van der Waals surface area contributed by atoms with Crippen molar-refractivity contribution >= 4 is 21.6 Å². The maximum atomic E-state index is 9.76. The molecule has 0 radical (unpaired) electrons. The van der Waals surface area contributed by atoms with Gasteiger partial charge in [0.1, 0.15) is 22.0 Å². The van der Waals surface area contributed by atoms with Gasteiger partial charge >= 0.3 is 0 Å². The Morgan fingerprint density at radius 2 is 1.65 bits per heavy atom. The van der Waals surface area contributed by atoms with Crippen LogP contribution in [0.1, 0.15) is 0 Å². The zero-order chi connectivity index (χ0) is 11.8. The first-order valence-corrected chi connectivity index (χ1v) is 5.94. The van der Waals surface area contributed by atoms with Gasteiger partial charge in [0.2, 0.25) is 0 Å². The van der Waals surface area contributed by atoms with Gasteiger partial charge in [0.05, 0.1) is 10.3 Å². The monoisotopic (exact) mass is 243 g/mol. The third-order valence-electron chi connectivity index (χ3n) is 2.53. The van der Waals surface area contributed by atoms with Crippen molar-refractivity contribution in [3.8, 4) is 22.1 Å². The first kappa shape index (κ1) is 10.1. The average molecular weight is 243 g/mol. The van der Waals surface area contributed by atoms with Gasteiger partial charge in [-0.1, -0.05) is 18.2 Å². The number of hydrogen-bond acceptors (Lipinski definition) is 4. The minimum Gasteiger partial charge on any atom is -0.507 e. The number of para-hydroxylation sites is 2. The SMILES string of the molecule is Oc1ccccc1-c1nc2c(O)cccc2s1. The summed E-state index contributed by atoms with van der Waals surface area (Å²) in [4.78, 5) is 4.35. The molecule has 0 aliphatic carbocycles. The number of fused-ring (bicyclic) bond motifs is 1. The van der Waals surface area contributed by atoms with E-state index >= 15 is 0 Å². The molecule has 0 fully saturated rings. The van der Waals surface area contributed by atoms with Crippen LogP contribution in [0.2, 0.25) is 0 Å². The number of phenolic OH excluding ortho intramolecular Hbond substituents is 2. The van der Waals surface area contributed by atoms with Gasteiger partial charge in [-0.25, -0.2) is 4.98 Å². The average Bonchev–Trinajstić information content (AvgIpc) is 2.75. The van der Waals surface area contributed by atoms with Crippen LogP contribution in [0.4, 0.5) is 0 Å². The number of phenols is 2. The Morgan fingerprint density at radius 1 is 0.882 bits per heavy atom. The second-order valence-electron chi connectivity index (χ2n) is 3.66. The van der Waals surface area contributed by atoms with Gasteiger partial charge in [0.15, 0.2) is 0 Å². The lowest BCUT2D eigenvalue weighted by atomic mass is 10.2. The van der Waals surface area contributed by atoms with Crippen LogP contribution in [0.3, 0.4) is 0 Å². The maximum Gasteiger partial charge on any atom is 0.142 e. The zero-order valence-electron chi connectivity index (χ0n) is 8.79. The number of thiazole rings is 1.